The van der Waals surface area contributed by atoms with Gasteiger partial charge in [0, 0.05) is 12.2 Å². The molecule has 0 aromatic heterocycles. The van der Waals surface area contributed by atoms with Crippen LogP contribution in [0.2, 0.25) is 0 Å². The van der Waals surface area contributed by atoms with Gasteiger partial charge in [0.2, 0.25) is 5.91 Å². The summed E-state index contributed by atoms with van der Waals surface area (Å²) >= 11 is 0. The Labute approximate surface area is 104 Å². The van der Waals surface area contributed by atoms with E-state index in [4.69, 9.17) is 5.11 Å². The normalized spacial score (nSPS) is 16.1. The highest BCUT2D eigenvalue weighted by molar-refractivity contribution is 6.11. The molecule has 1 amide bonds. The van der Waals surface area contributed by atoms with Gasteiger partial charge >= 0.3 is 5.97 Å². The van der Waals surface area contributed by atoms with E-state index in [9.17, 15) is 14.0 Å². The van der Waals surface area contributed by atoms with Crippen molar-refractivity contribution in [3.63, 3.8) is 0 Å². The molecule has 0 radical (unpaired) electrons. The predicted molar refractivity (Wildman–Crippen MR) is 63.7 cm³/mol. The number of rotatable bonds is 4. The molecule has 0 unspecified atom stereocenters. The Morgan fingerprint density at radius 2 is 2.11 bits per heavy atom. The van der Waals surface area contributed by atoms with Crippen LogP contribution >= 0.6 is 0 Å². The van der Waals surface area contributed by atoms with Gasteiger partial charge in [0.15, 0.2) is 0 Å². The average Bonchev–Trinajstić information content (AvgIpc) is 3.11. The summed E-state index contributed by atoms with van der Waals surface area (Å²) in [5.74, 6) is -2.00. The lowest BCUT2D eigenvalue weighted by Crippen LogP contribution is -2.41. The third-order valence-electron chi connectivity index (χ3n) is 3.25. The van der Waals surface area contributed by atoms with E-state index in [1.807, 2.05) is 0 Å². The van der Waals surface area contributed by atoms with Gasteiger partial charge < -0.3 is 10.0 Å². The van der Waals surface area contributed by atoms with Crippen LogP contribution < -0.4 is 4.90 Å². The molecule has 0 spiro atoms. The van der Waals surface area contributed by atoms with E-state index in [1.165, 1.54) is 23.1 Å². The summed E-state index contributed by atoms with van der Waals surface area (Å²) in [6.45, 7) is 2.05. The van der Waals surface area contributed by atoms with Crippen molar-refractivity contribution in [2.45, 2.75) is 19.8 Å². The van der Waals surface area contributed by atoms with Crippen LogP contribution in [0.25, 0.3) is 0 Å². The molecule has 96 valence electrons. The zero-order chi connectivity index (χ0) is 13.3. The van der Waals surface area contributed by atoms with Gasteiger partial charge in [-0.2, -0.15) is 0 Å². The SMILES string of the molecule is CCN(C(=O)C1(C(=O)O)CC1)c1cccc(F)c1. The lowest BCUT2D eigenvalue weighted by atomic mass is 10.1. The standard InChI is InChI=1S/C13H14FNO3/c1-2-15(10-5-3-4-9(14)8-10)11(16)13(6-7-13)12(17)18/h3-5,8H,2,6-7H2,1H3,(H,17,18). The highest BCUT2D eigenvalue weighted by atomic mass is 19.1. The fourth-order valence-electron chi connectivity index (χ4n) is 1.99. The van der Waals surface area contributed by atoms with Crippen molar-refractivity contribution < 1.29 is 19.1 Å². The molecule has 1 fully saturated rings. The second-order valence-electron chi connectivity index (χ2n) is 4.42. The maximum atomic E-state index is 13.1. The van der Waals surface area contributed by atoms with Crippen LogP contribution in [0, 0.1) is 11.2 Å². The number of carboxylic acids is 1. The molecule has 2 rings (SSSR count). The average molecular weight is 251 g/mol. The number of hydrogen-bond donors (Lipinski definition) is 1. The number of anilines is 1. The van der Waals surface area contributed by atoms with E-state index in [1.54, 1.807) is 13.0 Å². The molecule has 0 bridgehead atoms. The number of carboxylic acid groups (broad SMARTS) is 1. The highest BCUT2D eigenvalue weighted by Gasteiger charge is 2.58. The quantitative estimate of drug-likeness (QED) is 0.833. The predicted octanol–water partition coefficient (Wildman–Crippen LogP) is 2.04. The molecule has 1 aromatic rings. The summed E-state index contributed by atoms with van der Waals surface area (Å²) in [4.78, 5) is 24.7. The number of halogens is 1. The van der Waals surface area contributed by atoms with Crippen LogP contribution in [-0.4, -0.2) is 23.5 Å². The Balaban J connectivity index is 2.30. The molecule has 0 atom stereocenters. The topological polar surface area (TPSA) is 57.6 Å². The molecule has 1 aliphatic rings. The van der Waals surface area contributed by atoms with Gasteiger partial charge in [-0.15, -0.1) is 0 Å². The van der Waals surface area contributed by atoms with Crippen LogP contribution in [0.4, 0.5) is 10.1 Å². The van der Waals surface area contributed by atoms with Crippen molar-refractivity contribution >= 4 is 17.6 Å². The van der Waals surface area contributed by atoms with E-state index in [0.717, 1.165) is 0 Å². The van der Waals surface area contributed by atoms with Gasteiger partial charge in [-0.3, -0.25) is 9.59 Å². The van der Waals surface area contributed by atoms with E-state index in [2.05, 4.69) is 0 Å². The number of hydrogen-bond acceptors (Lipinski definition) is 2. The van der Waals surface area contributed by atoms with E-state index < -0.39 is 23.1 Å². The molecule has 0 saturated heterocycles. The number of aliphatic carboxylic acids is 1. The Hall–Kier alpha value is -1.91. The first-order valence-corrected chi connectivity index (χ1v) is 5.82. The maximum Gasteiger partial charge on any atom is 0.319 e. The van der Waals surface area contributed by atoms with Crippen molar-refractivity contribution in [2.24, 2.45) is 5.41 Å². The second kappa shape index (κ2) is 4.40. The van der Waals surface area contributed by atoms with Crippen molar-refractivity contribution in [3.8, 4) is 0 Å². The van der Waals surface area contributed by atoms with Gasteiger partial charge in [-0.05, 0) is 38.0 Å². The second-order valence-corrected chi connectivity index (χ2v) is 4.42. The monoisotopic (exact) mass is 251 g/mol. The molecule has 0 heterocycles. The summed E-state index contributed by atoms with van der Waals surface area (Å²) in [6.07, 6.45) is 0.708. The van der Waals surface area contributed by atoms with Crippen LogP contribution in [0.5, 0.6) is 0 Å². The summed E-state index contributed by atoms with van der Waals surface area (Å²) < 4.78 is 13.1. The van der Waals surface area contributed by atoms with E-state index in [-0.39, 0.29) is 0 Å². The van der Waals surface area contributed by atoms with E-state index in [0.29, 0.717) is 25.1 Å². The number of nitrogens with zero attached hydrogens (tertiary/aromatic N) is 1. The Bertz CT molecular complexity index is 497. The van der Waals surface area contributed by atoms with Crippen molar-refractivity contribution in [3.05, 3.63) is 30.1 Å². The number of benzene rings is 1. The Morgan fingerprint density at radius 3 is 2.56 bits per heavy atom. The van der Waals surface area contributed by atoms with Crippen LogP contribution in [0.15, 0.2) is 24.3 Å². The molecule has 1 aliphatic carbocycles. The molecule has 18 heavy (non-hydrogen) atoms. The summed E-state index contributed by atoms with van der Waals surface area (Å²) in [5.41, 5.74) is -0.891. The first-order valence-electron chi connectivity index (χ1n) is 5.82. The zero-order valence-electron chi connectivity index (χ0n) is 10.0. The summed E-state index contributed by atoms with van der Waals surface area (Å²) in [7, 11) is 0. The van der Waals surface area contributed by atoms with Gasteiger partial charge in [-0.25, -0.2) is 4.39 Å². The Morgan fingerprint density at radius 1 is 1.44 bits per heavy atom. The number of carbonyl (C=O) groups is 2. The molecule has 4 nitrogen and oxygen atoms in total. The number of carbonyl (C=O) groups excluding carboxylic acids is 1. The fraction of sp³-hybridized carbons (Fsp3) is 0.385. The third-order valence-corrected chi connectivity index (χ3v) is 3.25. The molecular weight excluding hydrogens is 237 g/mol. The van der Waals surface area contributed by atoms with E-state index >= 15 is 0 Å². The highest BCUT2D eigenvalue weighted by Crippen LogP contribution is 2.48. The smallest absolute Gasteiger partial charge is 0.319 e. The van der Waals surface area contributed by atoms with Gasteiger partial charge in [-0.1, -0.05) is 6.07 Å². The minimum absolute atomic E-state index is 0.317. The minimum atomic E-state index is -1.29. The lowest BCUT2D eigenvalue weighted by Gasteiger charge is -2.24. The Kier molecular flexibility index (Phi) is 3.07. The lowest BCUT2D eigenvalue weighted by molar-refractivity contribution is -0.148. The largest absolute Gasteiger partial charge is 0.480 e. The summed E-state index contributed by atoms with van der Waals surface area (Å²) in [5, 5.41) is 9.10. The van der Waals surface area contributed by atoms with Crippen molar-refractivity contribution in [2.75, 3.05) is 11.4 Å². The van der Waals surface area contributed by atoms with Crippen LogP contribution in [-0.2, 0) is 9.59 Å². The zero-order valence-corrected chi connectivity index (χ0v) is 10.0. The molecule has 1 aromatic carbocycles. The van der Waals surface area contributed by atoms with Crippen LogP contribution in [0.3, 0.4) is 0 Å². The van der Waals surface area contributed by atoms with Crippen LogP contribution in [0.1, 0.15) is 19.8 Å². The first-order chi connectivity index (χ1) is 8.51. The molecule has 1 saturated carbocycles. The molecule has 0 aliphatic heterocycles. The minimum Gasteiger partial charge on any atom is -0.480 e. The van der Waals surface area contributed by atoms with Gasteiger partial charge in [0.25, 0.3) is 0 Å². The third kappa shape index (κ3) is 1.96. The number of amides is 1. The first kappa shape index (κ1) is 12.5. The van der Waals surface area contributed by atoms with Crippen molar-refractivity contribution in [1.29, 1.82) is 0 Å². The molecular formula is C13H14FNO3. The van der Waals surface area contributed by atoms with Gasteiger partial charge in [0.1, 0.15) is 11.2 Å². The van der Waals surface area contributed by atoms with Crippen molar-refractivity contribution in [1.82, 2.24) is 0 Å². The molecule has 1 N–H and O–H groups in total. The summed E-state index contributed by atoms with van der Waals surface area (Å²) in [6, 6.07) is 5.62. The van der Waals surface area contributed by atoms with Gasteiger partial charge in [0.05, 0.1) is 0 Å². The fourth-order valence-corrected chi connectivity index (χ4v) is 1.99. The maximum absolute atomic E-state index is 13.1. The molecule has 5 heteroatoms.